The average Bonchev–Trinajstić information content (AvgIpc) is 3.25. The van der Waals surface area contributed by atoms with Gasteiger partial charge in [-0.05, 0) is 30.2 Å². The van der Waals surface area contributed by atoms with Gasteiger partial charge in [-0.25, -0.2) is 4.98 Å². The average molecular weight is 369 g/mol. The van der Waals surface area contributed by atoms with Crippen LogP contribution in [0.2, 0.25) is 0 Å². The van der Waals surface area contributed by atoms with Crippen LogP contribution in [0, 0.1) is 0 Å². The molecular formula is C20H17F2N3O2. The van der Waals surface area contributed by atoms with Gasteiger partial charge in [0.15, 0.2) is 5.82 Å². The van der Waals surface area contributed by atoms with Crippen LogP contribution in [-0.2, 0) is 22.6 Å². The third kappa shape index (κ3) is 3.40. The van der Waals surface area contributed by atoms with Gasteiger partial charge in [0.2, 0.25) is 0 Å². The van der Waals surface area contributed by atoms with Gasteiger partial charge >= 0.3 is 12.5 Å². The van der Waals surface area contributed by atoms with Gasteiger partial charge < -0.3 is 9.72 Å². The van der Waals surface area contributed by atoms with E-state index in [1.165, 1.54) is 0 Å². The van der Waals surface area contributed by atoms with Crippen LogP contribution in [0.1, 0.15) is 24.4 Å². The van der Waals surface area contributed by atoms with E-state index in [1.54, 1.807) is 24.3 Å². The predicted molar refractivity (Wildman–Crippen MR) is 97.4 cm³/mol. The second-order valence-electron chi connectivity index (χ2n) is 6.18. The van der Waals surface area contributed by atoms with E-state index in [-0.39, 0.29) is 18.9 Å². The highest BCUT2D eigenvalue weighted by atomic mass is 19.3. The molecule has 0 amide bonds. The fourth-order valence-electron chi connectivity index (χ4n) is 3.21. The van der Waals surface area contributed by atoms with Crippen LogP contribution in [0.3, 0.4) is 0 Å². The fraction of sp³-hybridized carbons (Fsp3) is 0.200. The first-order valence-electron chi connectivity index (χ1n) is 8.58. The molecule has 0 saturated carbocycles. The zero-order valence-electron chi connectivity index (χ0n) is 14.4. The summed E-state index contributed by atoms with van der Waals surface area (Å²) in [5, 5.41) is 1.06. The number of imidazole rings is 1. The van der Waals surface area contributed by atoms with E-state index in [4.69, 9.17) is 4.74 Å². The molecule has 0 aliphatic heterocycles. The van der Waals surface area contributed by atoms with Gasteiger partial charge in [0.1, 0.15) is 6.61 Å². The van der Waals surface area contributed by atoms with Crippen LogP contribution in [0.5, 0.6) is 0 Å². The Morgan fingerprint density at radius 3 is 2.78 bits per heavy atom. The summed E-state index contributed by atoms with van der Waals surface area (Å²) < 4.78 is 32.7. The van der Waals surface area contributed by atoms with E-state index < -0.39 is 12.5 Å². The SMILES string of the molecule is O=C(CCc1c[nH]c2ccccc12)OCc1nc2ccccc2n1C(F)F. The molecule has 5 nitrogen and oxygen atoms in total. The zero-order valence-corrected chi connectivity index (χ0v) is 14.4. The topological polar surface area (TPSA) is 59.9 Å². The van der Waals surface area contributed by atoms with Gasteiger partial charge in [-0.15, -0.1) is 0 Å². The van der Waals surface area contributed by atoms with Gasteiger partial charge in [-0.1, -0.05) is 30.3 Å². The van der Waals surface area contributed by atoms with Crippen LogP contribution < -0.4 is 0 Å². The Bertz CT molecular complexity index is 1100. The van der Waals surface area contributed by atoms with E-state index >= 15 is 0 Å². The summed E-state index contributed by atoms with van der Waals surface area (Å²) in [4.78, 5) is 19.4. The van der Waals surface area contributed by atoms with Crippen molar-refractivity contribution in [3.8, 4) is 0 Å². The van der Waals surface area contributed by atoms with Crippen molar-refractivity contribution in [3.05, 3.63) is 66.1 Å². The number of hydrogen-bond donors (Lipinski definition) is 1. The number of halogens is 2. The summed E-state index contributed by atoms with van der Waals surface area (Å²) in [6.45, 7) is -3.04. The first-order chi connectivity index (χ1) is 13.1. The van der Waals surface area contributed by atoms with Crippen LogP contribution in [-0.4, -0.2) is 20.5 Å². The molecule has 0 unspecified atom stereocenters. The molecule has 0 bridgehead atoms. The van der Waals surface area contributed by atoms with E-state index in [2.05, 4.69) is 9.97 Å². The highest BCUT2D eigenvalue weighted by Gasteiger charge is 2.18. The molecule has 0 aliphatic rings. The largest absolute Gasteiger partial charge is 0.457 e. The molecule has 0 spiro atoms. The molecule has 1 N–H and O–H groups in total. The number of H-pyrrole nitrogens is 1. The molecule has 2 aromatic heterocycles. The Kier molecular flexibility index (Phi) is 4.58. The number of esters is 1. The number of carbonyl (C=O) groups excluding carboxylic acids is 1. The van der Waals surface area contributed by atoms with Crippen molar-refractivity contribution in [3.63, 3.8) is 0 Å². The molecule has 0 atom stereocenters. The fourth-order valence-corrected chi connectivity index (χ4v) is 3.21. The number of aryl methyl sites for hydroxylation is 1. The van der Waals surface area contributed by atoms with Crippen molar-refractivity contribution < 1.29 is 18.3 Å². The van der Waals surface area contributed by atoms with Crippen molar-refractivity contribution in [1.29, 1.82) is 0 Å². The molecule has 4 aromatic rings. The minimum absolute atomic E-state index is 0.0339. The maximum absolute atomic E-state index is 13.4. The van der Waals surface area contributed by atoms with Gasteiger partial charge in [0.05, 0.1) is 11.0 Å². The van der Waals surface area contributed by atoms with E-state index in [9.17, 15) is 13.6 Å². The van der Waals surface area contributed by atoms with Gasteiger partial charge in [-0.3, -0.25) is 9.36 Å². The number of nitrogens with zero attached hydrogens (tertiary/aromatic N) is 2. The summed E-state index contributed by atoms with van der Waals surface area (Å²) >= 11 is 0. The molecule has 4 rings (SSSR count). The predicted octanol–water partition coefficient (Wildman–Crippen LogP) is 4.59. The smallest absolute Gasteiger partial charge is 0.320 e. The standard InChI is InChI=1S/C20H17F2N3O2/c21-20(22)25-17-8-4-3-7-16(17)24-18(25)12-27-19(26)10-9-13-11-23-15-6-2-1-5-14(13)15/h1-8,11,20,23H,9-10,12H2. The molecule has 138 valence electrons. The number of fused-ring (bicyclic) bond motifs is 2. The number of benzene rings is 2. The maximum Gasteiger partial charge on any atom is 0.320 e. The molecule has 0 aliphatic carbocycles. The summed E-state index contributed by atoms with van der Waals surface area (Å²) in [5.74, 6) is -0.417. The van der Waals surface area contributed by atoms with Crippen molar-refractivity contribution >= 4 is 27.9 Å². The Labute approximate surface area is 153 Å². The van der Waals surface area contributed by atoms with Crippen molar-refractivity contribution in [1.82, 2.24) is 14.5 Å². The molecule has 2 aromatic carbocycles. The van der Waals surface area contributed by atoms with Gasteiger partial charge in [-0.2, -0.15) is 8.78 Å². The summed E-state index contributed by atoms with van der Waals surface area (Å²) in [6.07, 6.45) is 2.54. The maximum atomic E-state index is 13.4. The van der Waals surface area contributed by atoms with Crippen molar-refractivity contribution in [2.45, 2.75) is 26.0 Å². The number of aromatic amines is 1. The number of carbonyl (C=O) groups is 1. The number of para-hydroxylation sites is 3. The third-order valence-electron chi connectivity index (χ3n) is 4.50. The lowest BCUT2D eigenvalue weighted by Gasteiger charge is -2.08. The first-order valence-corrected chi connectivity index (χ1v) is 8.58. The number of nitrogens with one attached hydrogen (secondary N) is 1. The Hall–Kier alpha value is -3.22. The lowest BCUT2D eigenvalue weighted by atomic mass is 10.1. The Balaban J connectivity index is 1.42. The summed E-state index contributed by atoms with van der Waals surface area (Å²) in [5.41, 5.74) is 2.79. The molecule has 2 heterocycles. The van der Waals surface area contributed by atoms with E-state index in [0.29, 0.717) is 17.5 Å². The lowest BCUT2D eigenvalue weighted by Crippen LogP contribution is -2.11. The second-order valence-corrected chi connectivity index (χ2v) is 6.18. The molecule has 7 heteroatoms. The Morgan fingerprint density at radius 1 is 1.15 bits per heavy atom. The number of alkyl halides is 2. The minimum Gasteiger partial charge on any atom is -0.457 e. The van der Waals surface area contributed by atoms with E-state index in [1.807, 2.05) is 30.5 Å². The number of rotatable bonds is 6. The minimum atomic E-state index is -2.75. The van der Waals surface area contributed by atoms with Crippen LogP contribution in [0.25, 0.3) is 21.9 Å². The van der Waals surface area contributed by atoms with Crippen molar-refractivity contribution in [2.24, 2.45) is 0 Å². The monoisotopic (exact) mass is 369 g/mol. The number of hydrogen-bond acceptors (Lipinski definition) is 3. The lowest BCUT2D eigenvalue weighted by molar-refractivity contribution is -0.145. The normalized spacial score (nSPS) is 11.5. The molecule has 0 fully saturated rings. The van der Waals surface area contributed by atoms with Crippen molar-refractivity contribution in [2.75, 3.05) is 0 Å². The second kappa shape index (κ2) is 7.19. The van der Waals surface area contributed by atoms with E-state index in [0.717, 1.165) is 21.0 Å². The number of aromatic nitrogens is 3. The summed E-state index contributed by atoms with van der Waals surface area (Å²) in [7, 11) is 0. The highest BCUT2D eigenvalue weighted by molar-refractivity contribution is 5.83. The molecule has 0 radical (unpaired) electrons. The quantitative estimate of drug-likeness (QED) is 0.506. The number of ether oxygens (including phenoxy) is 1. The highest BCUT2D eigenvalue weighted by Crippen LogP contribution is 2.24. The van der Waals surface area contributed by atoms with Gasteiger partial charge in [0.25, 0.3) is 0 Å². The first kappa shape index (κ1) is 17.2. The summed E-state index contributed by atoms with van der Waals surface area (Å²) in [6, 6.07) is 14.4. The van der Waals surface area contributed by atoms with Crippen LogP contribution >= 0.6 is 0 Å². The molecule has 27 heavy (non-hydrogen) atoms. The van der Waals surface area contributed by atoms with Gasteiger partial charge in [0, 0.05) is 23.5 Å². The Morgan fingerprint density at radius 2 is 1.93 bits per heavy atom. The molecule has 0 saturated heterocycles. The molecular weight excluding hydrogens is 352 g/mol. The van der Waals surface area contributed by atoms with Crippen LogP contribution in [0.4, 0.5) is 8.78 Å². The van der Waals surface area contributed by atoms with Crippen LogP contribution in [0.15, 0.2) is 54.7 Å². The zero-order chi connectivity index (χ0) is 18.8. The third-order valence-corrected chi connectivity index (χ3v) is 4.50.